The Kier molecular flexibility index (Phi) is 6.29. The van der Waals surface area contributed by atoms with E-state index in [9.17, 15) is 0 Å². The number of hydrogen-bond acceptors (Lipinski definition) is 3. The van der Waals surface area contributed by atoms with Crippen molar-refractivity contribution in [1.29, 1.82) is 0 Å². The molecule has 0 aliphatic heterocycles. The Bertz CT molecular complexity index is 121. The van der Waals surface area contributed by atoms with Gasteiger partial charge in [0.15, 0.2) is 0 Å². The van der Waals surface area contributed by atoms with Crippen LogP contribution in [-0.4, -0.2) is 40.0 Å². The molecule has 13 heavy (non-hydrogen) atoms. The topological polar surface area (TPSA) is 30.5 Å². The van der Waals surface area contributed by atoms with E-state index < -0.39 is 0 Å². The predicted octanol–water partition coefficient (Wildman–Crippen LogP) is 1.28. The molecule has 3 heteroatoms. The molecule has 0 bridgehead atoms. The van der Waals surface area contributed by atoms with Gasteiger partial charge >= 0.3 is 0 Å². The number of ether oxygens (including phenoxy) is 2. The number of likely N-dealkylation sites (N-methyl/N-ethyl adjacent to an activating group) is 1. The van der Waals surface area contributed by atoms with E-state index in [1.165, 1.54) is 0 Å². The molecule has 0 radical (unpaired) electrons. The fraction of sp³-hybridized carbons (Fsp3) is 1.00. The molecule has 0 rings (SSSR count). The van der Waals surface area contributed by atoms with Gasteiger partial charge in [-0.05, 0) is 12.5 Å². The summed E-state index contributed by atoms with van der Waals surface area (Å²) in [6.07, 6.45) is 0. The van der Waals surface area contributed by atoms with E-state index >= 15 is 0 Å². The first kappa shape index (κ1) is 12.9. The summed E-state index contributed by atoms with van der Waals surface area (Å²) in [5, 5.41) is 3.25. The largest absolute Gasteiger partial charge is 0.382 e. The second-order valence-electron chi connectivity index (χ2n) is 4.28. The third-order valence-electron chi connectivity index (χ3n) is 2.11. The Morgan fingerprint density at radius 2 is 1.85 bits per heavy atom. The summed E-state index contributed by atoms with van der Waals surface area (Å²) < 4.78 is 10.4. The molecule has 0 saturated carbocycles. The monoisotopic (exact) mass is 189 g/mol. The quantitative estimate of drug-likeness (QED) is 0.639. The Balaban J connectivity index is 3.61. The maximum atomic E-state index is 5.47. The average Bonchev–Trinajstić information content (AvgIpc) is 2.02. The highest BCUT2D eigenvalue weighted by atomic mass is 16.5. The molecule has 0 spiro atoms. The van der Waals surface area contributed by atoms with E-state index in [-0.39, 0.29) is 5.41 Å². The van der Waals surface area contributed by atoms with Crippen molar-refractivity contribution in [1.82, 2.24) is 5.32 Å². The summed E-state index contributed by atoms with van der Waals surface area (Å²) in [7, 11) is 3.65. The normalized spacial score (nSPS) is 14.5. The average molecular weight is 189 g/mol. The van der Waals surface area contributed by atoms with E-state index in [2.05, 4.69) is 26.1 Å². The van der Waals surface area contributed by atoms with E-state index in [1.807, 2.05) is 7.05 Å². The Hall–Kier alpha value is -0.120. The summed E-state index contributed by atoms with van der Waals surface area (Å²) in [4.78, 5) is 0. The van der Waals surface area contributed by atoms with E-state index in [0.717, 1.165) is 6.61 Å². The molecule has 1 unspecified atom stereocenters. The highest BCUT2D eigenvalue weighted by Gasteiger charge is 2.22. The van der Waals surface area contributed by atoms with Gasteiger partial charge in [0.05, 0.1) is 19.8 Å². The summed E-state index contributed by atoms with van der Waals surface area (Å²) in [6, 6.07) is 0.393. The first-order chi connectivity index (χ1) is 6.02. The zero-order valence-electron chi connectivity index (χ0n) is 9.52. The number of nitrogens with one attached hydrogen (secondary N) is 1. The molecule has 0 aliphatic carbocycles. The minimum atomic E-state index is 0.238. The van der Waals surface area contributed by atoms with Gasteiger partial charge < -0.3 is 14.8 Å². The second-order valence-corrected chi connectivity index (χ2v) is 4.28. The van der Waals surface area contributed by atoms with Crippen LogP contribution < -0.4 is 5.32 Å². The van der Waals surface area contributed by atoms with Gasteiger partial charge in [0.2, 0.25) is 0 Å². The van der Waals surface area contributed by atoms with Gasteiger partial charge in [-0.25, -0.2) is 0 Å². The van der Waals surface area contributed by atoms with Crippen LogP contribution in [0.25, 0.3) is 0 Å². The minimum Gasteiger partial charge on any atom is -0.382 e. The highest BCUT2D eigenvalue weighted by molar-refractivity contribution is 4.78. The van der Waals surface area contributed by atoms with Crippen molar-refractivity contribution in [2.24, 2.45) is 5.41 Å². The van der Waals surface area contributed by atoms with Crippen molar-refractivity contribution < 1.29 is 9.47 Å². The fourth-order valence-corrected chi connectivity index (χ4v) is 1.11. The first-order valence-corrected chi connectivity index (χ1v) is 4.76. The molecule has 1 atom stereocenters. The van der Waals surface area contributed by atoms with Crippen LogP contribution in [0.2, 0.25) is 0 Å². The van der Waals surface area contributed by atoms with Crippen LogP contribution in [0.1, 0.15) is 20.8 Å². The summed E-state index contributed by atoms with van der Waals surface area (Å²) in [5.41, 5.74) is 0.238. The molecule has 3 nitrogen and oxygen atoms in total. The molecule has 0 aliphatic rings. The predicted molar refractivity (Wildman–Crippen MR) is 55.0 cm³/mol. The summed E-state index contributed by atoms with van der Waals surface area (Å²) >= 11 is 0. The molecule has 0 aromatic heterocycles. The van der Waals surface area contributed by atoms with Crippen molar-refractivity contribution in [3.63, 3.8) is 0 Å². The van der Waals surface area contributed by atoms with Crippen LogP contribution in [-0.2, 0) is 9.47 Å². The van der Waals surface area contributed by atoms with Gasteiger partial charge in [-0.2, -0.15) is 0 Å². The van der Waals surface area contributed by atoms with Crippen LogP contribution in [0, 0.1) is 5.41 Å². The Morgan fingerprint density at radius 3 is 2.23 bits per heavy atom. The number of rotatable bonds is 6. The van der Waals surface area contributed by atoms with Crippen LogP contribution >= 0.6 is 0 Å². The molecule has 0 heterocycles. The fourth-order valence-electron chi connectivity index (χ4n) is 1.11. The lowest BCUT2D eigenvalue weighted by Gasteiger charge is -2.30. The van der Waals surface area contributed by atoms with Gasteiger partial charge in [0, 0.05) is 13.2 Å². The van der Waals surface area contributed by atoms with Gasteiger partial charge in [0.25, 0.3) is 0 Å². The lowest BCUT2D eigenvalue weighted by Crippen LogP contribution is -2.42. The maximum absolute atomic E-state index is 5.47. The van der Waals surface area contributed by atoms with E-state index in [4.69, 9.17) is 9.47 Å². The van der Waals surface area contributed by atoms with Crippen LogP contribution in [0.3, 0.4) is 0 Å². The molecule has 0 aromatic rings. The molecule has 0 fully saturated rings. The van der Waals surface area contributed by atoms with Gasteiger partial charge in [-0.1, -0.05) is 20.8 Å². The molecule has 0 aromatic carbocycles. The molecule has 0 amide bonds. The third-order valence-corrected chi connectivity index (χ3v) is 2.11. The van der Waals surface area contributed by atoms with Gasteiger partial charge in [-0.3, -0.25) is 0 Å². The molecule has 1 N–H and O–H groups in total. The first-order valence-electron chi connectivity index (χ1n) is 4.76. The maximum Gasteiger partial charge on any atom is 0.0701 e. The van der Waals surface area contributed by atoms with Crippen molar-refractivity contribution in [2.75, 3.05) is 34.0 Å². The highest BCUT2D eigenvalue weighted by Crippen LogP contribution is 2.18. The lowest BCUT2D eigenvalue weighted by molar-refractivity contribution is 0.0411. The smallest absolute Gasteiger partial charge is 0.0701 e. The summed E-state index contributed by atoms with van der Waals surface area (Å²) in [5.74, 6) is 0. The minimum absolute atomic E-state index is 0.238. The Morgan fingerprint density at radius 1 is 1.23 bits per heavy atom. The van der Waals surface area contributed by atoms with Crippen molar-refractivity contribution >= 4 is 0 Å². The van der Waals surface area contributed by atoms with Crippen molar-refractivity contribution in [3.05, 3.63) is 0 Å². The zero-order chi connectivity index (χ0) is 10.3. The van der Waals surface area contributed by atoms with Crippen molar-refractivity contribution in [3.8, 4) is 0 Å². The lowest BCUT2D eigenvalue weighted by atomic mass is 9.87. The molecular weight excluding hydrogens is 166 g/mol. The van der Waals surface area contributed by atoms with Gasteiger partial charge in [-0.15, -0.1) is 0 Å². The van der Waals surface area contributed by atoms with E-state index in [1.54, 1.807) is 7.11 Å². The third kappa shape index (κ3) is 6.02. The van der Waals surface area contributed by atoms with Gasteiger partial charge in [0.1, 0.15) is 0 Å². The Labute approximate surface area is 81.8 Å². The van der Waals surface area contributed by atoms with Crippen LogP contribution in [0.5, 0.6) is 0 Å². The molecule has 80 valence electrons. The van der Waals surface area contributed by atoms with E-state index in [0.29, 0.717) is 19.3 Å². The second kappa shape index (κ2) is 6.35. The summed E-state index contributed by atoms with van der Waals surface area (Å²) in [6.45, 7) is 8.68. The van der Waals surface area contributed by atoms with Crippen LogP contribution in [0.15, 0.2) is 0 Å². The molecule has 0 saturated heterocycles. The van der Waals surface area contributed by atoms with Crippen molar-refractivity contribution in [2.45, 2.75) is 26.8 Å². The standard InChI is InChI=1S/C10H23NO2/c1-10(2,3)9(11-4)8-13-7-6-12-5/h9,11H,6-8H2,1-5H3. The number of methoxy groups -OCH3 is 1. The SMILES string of the molecule is CNC(COCCOC)C(C)(C)C. The van der Waals surface area contributed by atoms with Crippen LogP contribution in [0.4, 0.5) is 0 Å². The number of hydrogen-bond donors (Lipinski definition) is 1. The molecular formula is C10H23NO2. The zero-order valence-corrected chi connectivity index (χ0v) is 9.52.